The summed E-state index contributed by atoms with van der Waals surface area (Å²) in [5.41, 5.74) is 0. The third-order valence-corrected chi connectivity index (χ3v) is 3.45. The second kappa shape index (κ2) is 7.57. The van der Waals surface area contributed by atoms with Crippen molar-refractivity contribution in [2.45, 2.75) is 25.0 Å². The van der Waals surface area contributed by atoms with Gasteiger partial charge < -0.3 is 20.1 Å². The van der Waals surface area contributed by atoms with Gasteiger partial charge >= 0.3 is 0 Å². The maximum absolute atomic E-state index is 12.7. The molecule has 0 aromatic heterocycles. The van der Waals surface area contributed by atoms with Gasteiger partial charge in [0.1, 0.15) is 24.3 Å². The molecule has 1 saturated carbocycles. The summed E-state index contributed by atoms with van der Waals surface area (Å²) in [7, 11) is 2.13. The Morgan fingerprint density at radius 2 is 2.10 bits per heavy atom. The number of likely N-dealkylation sites (N-methyl/N-ethyl adjacent to an activating group) is 1. The van der Waals surface area contributed by atoms with Gasteiger partial charge in [-0.1, -0.05) is 0 Å². The summed E-state index contributed by atoms with van der Waals surface area (Å²) in [6.07, 6.45) is 2.06. The lowest BCUT2D eigenvalue weighted by atomic mass is 10.3. The number of rotatable bonds is 9. The van der Waals surface area contributed by atoms with Crippen LogP contribution in [0.15, 0.2) is 24.3 Å². The van der Waals surface area contributed by atoms with Crippen molar-refractivity contribution in [3.05, 3.63) is 30.1 Å². The number of aliphatic hydroxyl groups excluding tert-OH is 1. The molecule has 5 heteroatoms. The van der Waals surface area contributed by atoms with Gasteiger partial charge in [-0.25, -0.2) is 4.39 Å². The molecule has 0 radical (unpaired) electrons. The summed E-state index contributed by atoms with van der Waals surface area (Å²) < 4.78 is 18.1. The highest BCUT2D eigenvalue weighted by Gasteiger charge is 2.25. The van der Waals surface area contributed by atoms with Gasteiger partial charge in [0.05, 0.1) is 0 Å². The van der Waals surface area contributed by atoms with Crippen LogP contribution in [0.3, 0.4) is 0 Å². The minimum absolute atomic E-state index is 0.205. The van der Waals surface area contributed by atoms with Crippen LogP contribution in [-0.2, 0) is 0 Å². The van der Waals surface area contributed by atoms with Crippen molar-refractivity contribution in [1.29, 1.82) is 0 Å². The minimum Gasteiger partial charge on any atom is -0.491 e. The van der Waals surface area contributed by atoms with Crippen LogP contribution in [0.25, 0.3) is 0 Å². The number of nitrogens with zero attached hydrogens (tertiary/aromatic N) is 1. The summed E-state index contributed by atoms with van der Waals surface area (Å²) in [5.74, 6) is 0.276. The van der Waals surface area contributed by atoms with Gasteiger partial charge in [-0.15, -0.1) is 0 Å². The molecule has 1 unspecified atom stereocenters. The van der Waals surface area contributed by atoms with E-state index in [1.165, 1.54) is 25.0 Å². The summed E-state index contributed by atoms with van der Waals surface area (Å²) in [6.45, 7) is 2.56. The molecule has 2 N–H and O–H groups in total. The van der Waals surface area contributed by atoms with Crippen LogP contribution in [0.2, 0.25) is 0 Å². The van der Waals surface area contributed by atoms with Crippen LogP contribution in [-0.4, -0.2) is 55.4 Å². The molecule has 4 nitrogen and oxygen atoms in total. The average molecular weight is 282 g/mol. The van der Waals surface area contributed by atoms with E-state index in [0.29, 0.717) is 12.3 Å². The van der Waals surface area contributed by atoms with Crippen LogP contribution in [0, 0.1) is 5.82 Å². The third kappa shape index (κ3) is 5.45. The largest absolute Gasteiger partial charge is 0.491 e. The molecule has 1 aromatic rings. The highest BCUT2D eigenvalue weighted by atomic mass is 19.1. The van der Waals surface area contributed by atoms with E-state index in [2.05, 4.69) is 17.3 Å². The predicted molar refractivity (Wildman–Crippen MR) is 76.4 cm³/mol. The molecule has 0 saturated heterocycles. The Kier molecular flexibility index (Phi) is 5.76. The van der Waals surface area contributed by atoms with E-state index in [9.17, 15) is 9.50 Å². The molecular weight excluding hydrogens is 259 g/mol. The Morgan fingerprint density at radius 3 is 2.75 bits per heavy atom. The monoisotopic (exact) mass is 282 g/mol. The number of aliphatic hydroxyl groups is 1. The first-order chi connectivity index (χ1) is 9.65. The van der Waals surface area contributed by atoms with Crippen molar-refractivity contribution in [2.24, 2.45) is 0 Å². The summed E-state index contributed by atoms with van der Waals surface area (Å²) in [4.78, 5) is 2.34. The van der Waals surface area contributed by atoms with E-state index in [1.807, 2.05) is 0 Å². The molecule has 1 fully saturated rings. The Balaban J connectivity index is 1.53. The minimum atomic E-state index is -0.564. The third-order valence-electron chi connectivity index (χ3n) is 3.45. The highest BCUT2D eigenvalue weighted by molar-refractivity contribution is 5.22. The molecule has 1 aliphatic rings. The first-order valence-corrected chi connectivity index (χ1v) is 7.12. The number of benzene rings is 1. The molecule has 112 valence electrons. The van der Waals surface area contributed by atoms with Crippen molar-refractivity contribution >= 4 is 0 Å². The number of hydrogen-bond donors (Lipinski definition) is 2. The normalized spacial score (nSPS) is 16.4. The molecule has 20 heavy (non-hydrogen) atoms. The maximum atomic E-state index is 12.7. The lowest BCUT2D eigenvalue weighted by molar-refractivity contribution is 0.106. The molecule has 0 aliphatic heterocycles. The van der Waals surface area contributed by atoms with Crippen LogP contribution in [0.1, 0.15) is 12.8 Å². The van der Waals surface area contributed by atoms with E-state index in [-0.39, 0.29) is 12.4 Å². The molecule has 0 heterocycles. The molecule has 0 spiro atoms. The Labute approximate surface area is 119 Å². The summed E-state index contributed by atoms with van der Waals surface area (Å²) in [6, 6.07) is 6.56. The first-order valence-electron chi connectivity index (χ1n) is 7.12. The Morgan fingerprint density at radius 1 is 1.40 bits per heavy atom. The Bertz CT molecular complexity index is 395. The van der Waals surface area contributed by atoms with Crippen LogP contribution in [0.4, 0.5) is 4.39 Å². The molecule has 0 amide bonds. The fourth-order valence-corrected chi connectivity index (χ4v) is 2.00. The lowest BCUT2D eigenvalue weighted by Crippen LogP contribution is -2.36. The number of hydrogen-bond acceptors (Lipinski definition) is 4. The smallest absolute Gasteiger partial charge is 0.123 e. The van der Waals surface area contributed by atoms with Crippen LogP contribution in [0.5, 0.6) is 5.75 Å². The van der Waals surface area contributed by atoms with Gasteiger partial charge in [-0.3, -0.25) is 0 Å². The van der Waals surface area contributed by atoms with E-state index in [1.54, 1.807) is 12.1 Å². The van der Waals surface area contributed by atoms with Crippen molar-refractivity contribution in [1.82, 2.24) is 10.2 Å². The van der Waals surface area contributed by atoms with Crippen LogP contribution < -0.4 is 10.1 Å². The van der Waals surface area contributed by atoms with Gasteiger partial charge in [-0.05, 0) is 44.2 Å². The first kappa shape index (κ1) is 15.2. The van der Waals surface area contributed by atoms with Gasteiger partial charge in [0.2, 0.25) is 0 Å². The molecular formula is C15H23FN2O2. The van der Waals surface area contributed by atoms with Crippen LogP contribution >= 0.6 is 0 Å². The number of nitrogens with one attached hydrogen (secondary N) is 1. The topological polar surface area (TPSA) is 44.7 Å². The fraction of sp³-hybridized carbons (Fsp3) is 0.600. The van der Waals surface area contributed by atoms with Gasteiger partial charge in [0.15, 0.2) is 0 Å². The second-order valence-electron chi connectivity index (χ2n) is 5.33. The zero-order chi connectivity index (χ0) is 14.4. The average Bonchev–Trinajstić information content (AvgIpc) is 3.27. The second-order valence-corrected chi connectivity index (χ2v) is 5.33. The zero-order valence-corrected chi connectivity index (χ0v) is 11.9. The lowest BCUT2D eigenvalue weighted by Gasteiger charge is -2.17. The van der Waals surface area contributed by atoms with Crippen molar-refractivity contribution in [2.75, 3.05) is 33.3 Å². The molecule has 2 rings (SSSR count). The quantitative estimate of drug-likeness (QED) is 0.669. The summed E-state index contributed by atoms with van der Waals surface area (Å²) >= 11 is 0. The van der Waals surface area contributed by atoms with Crippen molar-refractivity contribution < 1.29 is 14.2 Å². The number of ether oxygens (including phenoxy) is 1. The molecule has 1 aromatic carbocycles. The highest BCUT2D eigenvalue weighted by Crippen LogP contribution is 2.24. The summed E-state index contributed by atoms with van der Waals surface area (Å²) in [5, 5.41) is 13.0. The zero-order valence-electron chi connectivity index (χ0n) is 11.9. The van der Waals surface area contributed by atoms with E-state index in [0.717, 1.165) is 19.1 Å². The standard InChI is InChI=1S/C15H23FN2O2/c1-18(13-4-5-13)9-8-17-10-14(19)11-20-15-6-2-12(16)3-7-15/h2-3,6-7,13-14,17,19H,4-5,8-11H2,1H3. The van der Waals surface area contributed by atoms with Gasteiger partial charge in [0, 0.05) is 25.7 Å². The molecule has 0 bridgehead atoms. The van der Waals surface area contributed by atoms with E-state index >= 15 is 0 Å². The van der Waals surface area contributed by atoms with Crippen molar-refractivity contribution in [3.8, 4) is 5.75 Å². The van der Waals surface area contributed by atoms with Gasteiger partial charge in [0.25, 0.3) is 0 Å². The Hall–Kier alpha value is -1.17. The predicted octanol–water partition coefficient (Wildman–Crippen LogP) is 1.25. The van der Waals surface area contributed by atoms with E-state index in [4.69, 9.17) is 4.74 Å². The molecule has 1 aliphatic carbocycles. The van der Waals surface area contributed by atoms with Gasteiger partial charge in [-0.2, -0.15) is 0 Å². The SMILES string of the molecule is CN(CCNCC(O)COc1ccc(F)cc1)C1CC1. The fourth-order valence-electron chi connectivity index (χ4n) is 2.00. The number of halogens is 1. The van der Waals surface area contributed by atoms with Crippen molar-refractivity contribution in [3.63, 3.8) is 0 Å². The van der Waals surface area contributed by atoms with E-state index < -0.39 is 6.10 Å². The maximum Gasteiger partial charge on any atom is 0.123 e. The molecule has 1 atom stereocenters.